The van der Waals surface area contributed by atoms with Crippen molar-refractivity contribution in [3.63, 3.8) is 0 Å². The molecule has 0 saturated heterocycles. The fourth-order valence-electron chi connectivity index (χ4n) is 1.98. The molecule has 3 N–H and O–H groups in total. The first-order valence-electron chi connectivity index (χ1n) is 6.24. The van der Waals surface area contributed by atoms with Gasteiger partial charge in [0.25, 0.3) is 0 Å². The van der Waals surface area contributed by atoms with Crippen molar-refractivity contribution in [3.05, 3.63) is 29.6 Å². The largest absolute Gasteiger partial charge is 0.326 e. The van der Waals surface area contributed by atoms with Crippen LogP contribution in [0.5, 0.6) is 0 Å². The Morgan fingerprint density at radius 3 is 2.47 bits per heavy atom. The summed E-state index contributed by atoms with van der Waals surface area (Å²) in [6.07, 6.45) is 1.51. The highest BCUT2D eigenvalue weighted by molar-refractivity contribution is 7.89. The van der Waals surface area contributed by atoms with Gasteiger partial charge in [0.2, 0.25) is 10.0 Å². The van der Waals surface area contributed by atoms with Crippen molar-refractivity contribution >= 4 is 10.0 Å². The number of sulfonamides is 1. The lowest BCUT2D eigenvalue weighted by Gasteiger charge is -2.25. The van der Waals surface area contributed by atoms with Crippen molar-refractivity contribution in [2.45, 2.75) is 50.6 Å². The molecule has 1 aromatic rings. The monoisotopic (exact) mass is 288 g/mol. The van der Waals surface area contributed by atoms with Gasteiger partial charge in [-0.05, 0) is 38.0 Å². The molecule has 0 aliphatic carbocycles. The molecular weight excluding hydrogens is 267 g/mol. The molecule has 108 valence electrons. The Bertz CT molecular complexity index is 542. The summed E-state index contributed by atoms with van der Waals surface area (Å²) in [5, 5.41) is 0. The van der Waals surface area contributed by atoms with Gasteiger partial charge in [-0.3, -0.25) is 0 Å². The zero-order valence-electron chi connectivity index (χ0n) is 11.5. The number of nitrogens with one attached hydrogen (secondary N) is 1. The first kappa shape index (κ1) is 16.1. The van der Waals surface area contributed by atoms with Crippen molar-refractivity contribution in [1.29, 1.82) is 0 Å². The van der Waals surface area contributed by atoms with E-state index < -0.39 is 21.4 Å². The topological polar surface area (TPSA) is 72.2 Å². The molecule has 19 heavy (non-hydrogen) atoms. The normalized spacial score (nSPS) is 12.7. The summed E-state index contributed by atoms with van der Waals surface area (Å²) in [5.41, 5.74) is 5.34. The molecule has 0 atom stereocenters. The van der Waals surface area contributed by atoms with Crippen LogP contribution < -0.4 is 10.5 Å². The second-order valence-electron chi connectivity index (χ2n) is 5.21. The molecule has 0 saturated carbocycles. The van der Waals surface area contributed by atoms with Gasteiger partial charge in [0.1, 0.15) is 10.7 Å². The average molecular weight is 288 g/mol. The third-order valence-electron chi connectivity index (χ3n) is 2.81. The molecule has 0 fully saturated rings. The lowest BCUT2D eigenvalue weighted by atomic mass is 10.0. The first-order valence-corrected chi connectivity index (χ1v) is 7.72. The van der Waals surface area contributed by atoms with E-state index in [1.165, 1.54) is 12.1 Å². The van der Waals surface area contributed by atoms with Gasteiger partial charge in [0.15, 0.2) is 0 Å². The van der Waals surface area contributed by atoms with Gasteiger partial charge in [-0.25, -0.2) is 17.5 Å². The van der Waals surface area contributed by atoms with Crippen LogP contribution >= 0.6 is 0 Å². The Kier molecular flexibility index (Phi) is 5.06. The summed E-state index contributed by atoms with van der Waals surface area (Å²) in [6, 6.07) is 3.92. The van der Waals surface area contributed by atoms with Crippen LogP contribution in [-0.4, -0.2) is 14.0 Å². The fraction of sp³-hybridized carbons (Fsp3) is 0.538. The number of benzene rings is 1. The fourth-order valence-corrected chi connectivity index (χ4v) is 3.49. The molecule has 0 heterocycles. The highest BCUT2D eigenvalue weighted by Crippen LogP contribution is 2.20. The molecule has 0 bridgehead atoms. The quantitative estimate of drug-likeness (QED) is 0.842. The van der Waals surface area contributed by atoms with Crippen molar-refractivity contribution in [1.82, 2.24) is 4.72 Å². The van der Waals surface area contributed by atoms with Crippen LogP contribution in [0.15, 0.2) is 23.1 Å². The van der Waals surface area contributed by atoms with Crippen LogP contribution in [0, 0.1) is 5.82 Å². The van der Waals surface area contributed by atoms with E-state index in [1.807, 2.05) is 6.92 Å². The van der Waals surface area contributed by atoms with Crippen LogP contribution in [0.25, 0.3) is 0 Å². The number of rotatable bonds is 6. The maximum absolute atomic E-state index is 13.8. The number of hydrogen-bond donors (Lipinski definition) is 2. The first-order chi connectivity index (χ1) is 8.72. The lowest BCUT2D eigenvalue weighted by Crippen LogP contribution is -2.43. The second-order valence-corrected chi connectivity index (χ2v) is 6.86. The molecule has 0 spiro atoms. The molecule has 4 nitrogen and oxygen atoms in total. The van der Waals surface area contributed by atoms with Crippen LogP contribution in [0.2, 0.25) is 0 Å². The van der Waals surface area contributed by atoms with Gasteiger partial charge in [0.05, 0.1) is 0 Å². The molecule has 0 unspecified atom stereocenters. The van der Waals surface area contributed by atoms with E-state index in [1.54, 1.807) is 13.8 Å². The third-order valence-corrected chi connectivity index (χ3v) is 4.54. The standard InChI is InChI=1S/C13H21FN2O2S/c1-4-7-13(2,3)16-19(17,18)12-6-5-10(9-15)8-11(12)14/h5-6,8,16H,4,7,9,15H2,1-3H3. The maximum atomic E-state index is 13.8. The predicted molar refractivity (Wildman–Crippen MR) is 73.6 cm³/mol. The molecule has 0 radical (unpaired) electrons. The van der Waals surface area contributed by atoms with E-state index >= 15 is 0 Å². The SMILES string of the molecule is CCCC(C)(C)NS(=O)(=O)c1ccc(CN)cc1F. The Hall–Kier alpha value is -0.980. The van der Waals surface area contributed by atoms with E-state index in [0.29, 0.717) is 12.0 Å². The number of nitrogens with two attached hydrogens (primary N) is 1. The second kappa shape index (κ2) is 5.98. The summed E-state index contributed by atoms with van der Waals surface area (Å²) in [5.74, 6) is -0.775. The van der Waals surface area contributed by atoms with Gasteiger partial charge < -0.3 is 5.73 Å². The van der Waals surface area contributed by atoms with Gasteiger partial charge in [-0.15, -0.1) is 0 Å². The van der Waals surface area contributed by atoms with Gasteiger partial charge in [-0.1, -0.05) is 19.4 Å². The zero-order chi connectivity index (χ0) is 14.7. The molecule has 0 aliphatic rings. The van der Waals surface area contributed by atoms with Crippen LogP contribution in [0.4, 0.5) is 4.39 Å². The van der Waals surface area contributed by atoms with E-state index in [2.05, 4.69) is 4.72 Å². The molecule has 1 aromatic carbocycles. The summed E-state index contributed by atoms with van der Waals surface area (Å²) < 4.78 is 40.7. The minimum Gasteiger partial charge on any atom is -0.326 e. The Labute approximate surface area is 114 Å². The molecule has 0 amide bonds. The third kappa shape index (κ3) is 4.26. The van der Waals surface area contributed by atoms with E-state index in [0.717, 1.165) is 12.5 Å². The number of hydrogen-bond acceptors (Lipinski definition) is 3. The van der Waals surface area contributed by atoms with E-state index in [9.17, 15) is 12.8 Å². The smallest absolute Gasteiger partial charge is 0.243 e. The van der Waals surface area contributed by atoms with Crippen LogP contribution in [0.3, 0.4) is 0 Å². The average Bonchev–Trinajstić information content (AvgIpc) is 2.26. The van der Waals surface area contributed by atoms with Gasteiger partial charge >= 0.3 is 0 Å². The van der Waals surface area contributed by atoms with Crippen molar-refractivity contribution in [2.75, 3.05) is 0 Å². The molecular formula is C13H21FN2O2S. The minimum absolute atomic E-state index is 0.173. The summed E-state index contributed by atoms with van der Waals surface area (Å²) in [7, 11) is -3.86. The maximum Gasteiger partial charge on any atom is 0.243 e. The number of halogens is 1. The van der Waals surface area contributed by atoms with Crippen molar-refractivity contribution < 1.29 is 12.8 Å². The van der Waals surface area contributed by atoms with E-state index in [4.69, 9.17) is 5.73 Å². The summed E-state index contributed by atoms with van der Waals surface area (Å²) >= 11 is 0. The summed E-state index contributed by atoms with van der Waals surface area (Å²) in [6.45, 7) is 5.69. The highest BCUT2D eigenvalue weighted by atomic mass is 32.2. The predicted octanol–water partition coefficient (Wildman–Crippen LogP) is 2.14. The minimum atomic E-state index is -3.86. The Morgan fingerprint density at radius 2 is 2.00 bits per heavy atom. The van der Waals surface area contributed by atoms with Crippen molar-refractivity contribution in [2.24, 2.45) is 5.73 Å². The van der Waals surface area contributed by atoms with Gasteiger partial charge in [-0.2, -0.15) is 0 Å². The van der Waals surface area contributed by atoms with Crippen LogP contribution in [-0.2, 0) is 16.6 Å². The van der Waals surface area contributed by atoms with Crippen LogP contribution in [0.1, 0.15) is 39.2 Å². The van der Waals surface area contributed by atoms with E-state index in [-0.39, 0.29) is 11.4 Å². The zero-order valence-corrected chi connectivity index (χ0v) is 12.3. The van der Waals surface area contributed by atoms with Crippen molar-refractivity contribution in [3.8, 4) is 0 Å². The Balaban J connectivity index is 3.07. The Morgan fingerprint density at radius 1 is 1.37 bits per heavy atom. The molecule has 1 rings (SSSR count). The highest BCUT2D eigenvalue weighted by Gasteiger charge is 2.27. The molecule has 0 aromatic heterocycles. The van der Waals surface area contributed by atoms with Gasteiger partial charge in [0, 0.05) is 12.1 Å². The molecule has 0 aliphatic heterocycles. The summed E-state index contributed by atoms with van der Waals surface area (Å²) in [4.78, 5) is -0.339. The molecule has 6 heteroatoms. The lowest BCUT2D eigenvalue weighted by molar-refractivity contribution is 0.416.